The van der Waals surface area contributed by atoms with Gasteiger partial charge in [-0.1, -0.05) is 18.2 Å². The number of fused-ring (bicyclic) bond motifs is 1. The van der Waals surface area contributed by atoms with Crippen molar-refractivity contribution in [1.82, 2.24) is 15.2 Å². The fourth-order valence-corrected chi connectivity index (χ4v) is 6.13. The summed E-state index contributed by atoms with van der Waals surface area (Å²) in [6.45, 7) is 5.15. The highest BCUT2D eigenvalue weighted by atomic mass is 32.1. The van der Waals surface area contributed by atoms with Crippen molar-refractivity contribution in [2.75, 3.05) is 25.5 Å². The topological polar surface area (TPSA) is 86.7 Å². The molecule has 0 radical (unpaired) electrons. The molecule has 1 aliphatic carbocycles. The first kappa shape index (κ1) is 24.6. The number of carbonyl (C=O) groups is 1. The zero-order valence-electron chi connectivity index (χ0n) is 21.1. The first-order valence-electron chi connectivity index (χ1n) is 12.7. The number of thiazole rings is 1. The Morgan fingerprint density at radius 1 is 1.25 bits per heavy atom. The fourth-order valence-electron chi connectivity index (χ4n) is 5.16. The van der Waals surface area contributed by atoms with E-state index in [2.05, 4.69) is 41.0 Å². The van der Waals surface area contributed by atoms with Gasteiger partial charge in [0.25, 0.3) is 0 Å². The second-order valence-electron chi connectivity index (χ2n) is 9.81. The van der Waals surface area contributed by atoms with Gasteiger partial charge in [0.2, 0.25) is 0 Å². The van der Waals surface area contributed by atoms with Crippen LogP contribution in [-0.2, 0) is 6.42 Å². The number of carbonyl (C=O) groups excluding carboxylic acids is 1. The van der Waals surface area contributed by atoms with Crippen molar-refractivity contribution in [3.8, 4) is 26.8 Å². The van der Waals surface area contributed by atoms with Crippen molar-refractivity contribution in [3.05, 3.63) is 53.7 Å². The minimum atomic E-state index is -0.421. The Labute approximate surface area is 216 Å². The molecule has 8 heteroatoms. The van der Waals surface area contributed by atoms with Gasteiger partial charge in [-0.2, -0.15) is 0 Å². The molecule has 5 rings (SSSR count). The van der Waals surface area contributed by atoms with E-state index in [4.69, 9.17) is 9.72 Å². The molecule has 7 nitrogen and oxygen atoms in total. The smallest absolute Gasteiger partial charge is 0.317 e. The van der Waals surface area contributed by atoms with Crippen molar-refractivity contribution in [2.24, 2.45) is 0 Å². The van der Waals surface area contributed by atoms with Crippen LogP contribution >= 0.6 is 11.3 Å². The lowest BCUT2D eigenvalue weighted by atomic mass is 10.0. The molecule has 190 valence electrons. The average molecular weight is 507 g/mol. The quantitative estimate of drug-likeness (QED) is 0.413. The number of piperidine rings is 1. The van der Waals surface area contributed by atoms with Crippen LogP contribution < -0.4 is 15.4 Å². The molecule has 2 aliphatic rings. The number of benzene rings is 2. The summed E-state index contributed by atoms with van der Waals surface area (Å²) in [6.07, 6.45) is 5.04. The van der Waals surface area contributed by atoms with Crippen molar-refractivity contribution >= 4 is 23.1 Å². The second-order valence-corrected chi connectivity index (χ2v) is 10.8. The summed E-state index contributed by atoms with van der Waals surface area (Å²) in [4.78, 5) is 20.4. The largest absolute Gasteiger partial charge is 0.489 e. The Hall–Kier alpha value is -3.10. The molecule has 3 aromatic rings. The molecule has 1 aliphatic heterocycles. The number of ether oxygens (including phenoxy) is 1. The third-order valence-electron chi connectivity index (χ3n) is 6.88. The summed E-state index contributed by atoms with van der Waals surface area (Å²) >= 11 is 1.68. The van der Waals surface area contributed by atoms with Gasteiger partial charge in [0, 0.05) is 31.9 Å². The minimum absolute atomic E-state index is 0.00870. The number of rotatable bonds is 6. The monoisotopic (exact) mass is 506 g/mol. The predicted octanol–water partition coefficient (Wildman–Crippen LogP) is 5.46. The maximum Gasteiger partial charge on any atom is 0.317 e. The van der Waals surface area contributed by atoms with Gasteiger partial charge in [-0.25, -0.2) is 9.78 Å². The zero-order chi connectivity index (χ0) is 25.2. The van der Waals surface area contributed by atoms with E-state index in [1.807, 2.05) is 33.2 Å². The second kappa shape index (κ2) is 10.5. The minimum Gasteiger partial charge on any atom is -0.489 e. The maximum atomic E-state index is 12.8. The molecule has 0 spiro atoms. The molecule has 36 heavy (non-hydrogen) atoms. The average Bonchev–Trinajstić information content (AvgIpc) is 3.52. The summed E-state index contributed by atoms with van der Waals surface area (Å²) in [5, 5.41) is 17.3. The van der Waals surface area contributed by atoms with Crippen LogP contribution in [0.1, 0.15) is 50.3 Å². The molecule has 3 N–H and O–H groups in total. The lowest BCUT2D eigenvalue weighted by Gasteiger charge is -2.31. The van der Waals surface area contributed by atoms with E-state index < -0.39 is 6.10 Å². The van der Waals surface area contributed by atoms with Crippen LogP contribution in [0.4, 0.5) is 10.5 Å². The number of aliphatic hydroxyl groups is 1. The molecule has 2 heterocycles. The Kier molecular flexibility index (Phi) is 7.16. The Morgan fingerprint density at radius 2 is 2.11 bits per heavy atom. The van der Waals surface area contributed by atoms with E-state index in [1.165, 1.54) is 16.7 Å². The Balaban J connectivity index is 1.35. The lowest BCUT2D eigenvalue weighted by Crippen LogP contribution is -2.47. The molecular formula is C28H34N4O3S. The molecule has 1 unspecified atom stereocenters. The number of anilines is 1. The highest BCUT2D eigenvalue weighted by Crippen LogP contribution is 2.41. The van der Waals surface area contributed by atoms with E-state index in [9.17, 15) is 9.90 Å². The van der Waals surface area contributed by atoms with E-state index in [0.29, 0.717) is 13.1 Å². The third-order valence-corrected chi connectivity index (χ3v) is 7.96. The molecule has 1 fully saturated rings. The van der Waals surface area contributed by atoms with Crippen molar-refractivity contribution < 1.29 is 14.6 Å². The summed E-state index contributed by atoms with van der Waals surface area (Å²) in [5.74, 6) is 0.834. The van der Waals surface area contributed by atoms with Crippen LogP contribution in [0.3, 0.4) is 0 Å². The van der Waals surface area contributed by atoms with Crippen molar-refractivity contribution in [3.63, 3.8) is 0 Å². The van der Waals surface area contributed by atoms with Gasteiger partial charge >= 0.3 is 6.03 Å². The van der Waals surface area contributed by atoms with Crippen LogP contribution in [-0.4, -0.2) is 53.4 Å². The van der Waals surface area contributed by atoms with E-state index in [-0.39, 0.29) is 18.2 Å². The van der Waals surface area contributed by atoms with Gasteiger partial charge in [0.05, 0.1) is 28.8 Å². The SMILES string of the molecule is CNc1cc(-c2ncc(-c3cccc4c3CCC4NC(=O)N3CCC[C@H](O)C3)s2)ccc1OC(C)C. The maximum absolute atomic E-state index is 12.8. The van der Waals surface area contributed by atoms with E-state index in [0.717, 1.165) is 52.6 Å². The van der Waals surface area contributed by atoms with Gasteiger partial charge in [-0.05, 0) is 74.4 Å². The number of β-amino-alcohol motifs (C(OH)–C–C–N with tert-alkyl or cyclic N) is 1. The van der Waals surface area contributed by atoms with Crippen molar-refractivity contribution in [2.45, 2.75) is 57.8 Å². The summed E-state index contributed by atoms with van der Waals surface area (Å²) in [5.41, 5.74) is 5.65. The normalized spacial score (nSPS) is 19.3. The molecule has 1 saturated heterocycles. The number of hydrogen-bond donors (Lipinski definition) is 3. The third kappa shape index (κ3) is 5.06. The van der Waals surface area contributed by atoms with Crippen LogP contribution in [0.15, 0.2) is 42.6 Å². The first-order chi connectivity index (χ1) is 17.4. The highest BCUT2D eigenvalue weighted by Gasteiger charge is 2.29. The van der Waals surface area contributed by atoms with Gasteiger partial charge < -0.3 is 25.4 Å². The number of urea groups is 1. The van der Waals surface area contributed by atoms with Gasteiger partial charge in [0.15, 0.2) is 0 Å². The summed E-state index contributed by atoms with van der Waals surface area (Å²) < 4.78 is 5.91. The Bertz CT molecular complexity index is 1240. The standard InChI is InChI=1S/C28H34N4O3S/c1-17(2)35-25-12-9-18(14-24(25)29-3)27-30-15-26(36-27)22-8-4-7-21-20(22)10-11-23(21)31-28(34)32-13-5-6-19(33)16-32/h4,7-9,12,14-15,17,19,23,29,33H,5-6,10-11,13,16H2,1-3H3,(H,31,34)/t19-,23?/m0/s1. The summed E-state index contributed by atoms with van der Waals surface area (Å²) in [6, 6.07) is 12.4. The lowest BCUT2D eigenvalue weighted by molar-refractivity contribution is 0.0833. The van der Waals surface area contributed by atoms with Crippen molar-refractivity contribution in [1.29, 1.82) is 0 Å². The molecular weight excluding hydrogens is 472 g/mol. The predicted molar refractivity (Wildman–Crippen MR) is 145 cm³/mol. The van der Waals surface area contributed by atoms with Gasteiger partial charge in [-0.3, -0.25) is 0 Å². The van der Waals surface area contributed by atoms with Crippen LogP contribution in [0, 0.1) is 0 Å². The fraction of sp³-hybridized carbons (Fsp3) is 0.429. The number of likely N-dealkylation sites (tertiary alicyclic amines) is 1. The van der Waals surface area contributed by atoms with Gasteiger partial charge in [0.1, 0.15) is 10.8 Å². The van der Waals surface area contributed by atoms with E-state index in [1.54, 1.807) is 16.2 Å². The van der Waals surface area contributed by atoms with Crippen LogP contribution in [0.2, 0.25) is 0 Å². The molecule has 0 bridgehead atoms. The zero-order valence-corrected chi connectivity index (χ0v) is 21.9. The number of amides is 2. The van der Waals surface area contributed by atoms with Crippen LogP contribution in [0.5, 0.6) is 5.75 Å². The number of hydrogen-bond acceptors (Lipinski definition) is 6. The molecule has 2 atom stereocenters. The highest BCUT2D eigenvalue weighted by molar-refractivity contribution is 7.18. The van der Waals surface area contributed by atoms with Gasteiger partial charge in [-0.15, -0.1) is 11.3 Å². The number of nitrogens with zero attached hydrogens (tertiary/aromatic N) is 2. The number of nitrogens with one attached hydrogen (secondary N) is 2. The first-order valence-corrected chi connectivity index (χ1v) is 13.5. The molecule has 1 aromatic heterocycles. The van der Waals surface area contributed by atoms with Crippen LogP contribution in [0.25, 0.3) is 21.0 Å². The number of aliphatic hydroxyl groups excluding tert-OH is 1. The summed E-state index contributed by atoms with van der Waals surface area (Å²) in [7, 11) is 1.90. The molecule has 2 aromatic carbocycles. The van der Waals surface area contributed by atoms with E-state index >= 15 is 0 Å². The number of aromatic nitrogens is 1. The Morgan fingerprint density at radius 3 is 2.89 bits per heavy atom. The molecule has 2 amide bonds. The molecule has 0 saturated carbocycles.